The van der Waals surface area contributed by atoms with Gasteiger partial charge in [-0.05, 0) is 85.0 Å². The summed E-state index contributed by atoms with van der Waals surface area (Å²) in [5.41, 5.74) is 8.92. The van der Waals surface area contributed by atoms with Gasteiger partial charge in [0.15, 0.2) is 0 Å². The number of primary amides is 1. The standard InChI is InChI=1S/C29H32N2O4/c30-25(32)10-9-24(28(34)35-29-14-17-11-18(15-29)13-19(12-17)16-29)31-27(33)26-22-7-3-1-5-20(22)21-6-2-4-8-23(21)26/h1-8,17-19,24,26H,9-16H2,(H2,30,32)(H,31,33)/t17?,18?,19?,24-,29?/m0/s1. The molecule has 0 aliphatic heterocycles. The zero-order valence-corrected chi connectivity index (χ0v) is 19.9. The molecule has 0 saturated heterocycles. The topological polar surface area (TPSA) is 98.5 Å². The van der Waals surface area contributed by atoms with Crippen LogP contribution in [0.25, 0.3) is 11.1 Å². The van der Waals surface area contributed by atoms with Gasteiger partial charge in [-0.3, -0.25) is 9.59 Å². The molecule has 4 saturated carbocycles. The number of nitrogens with two attached hydrogens (primary N) is 1. The number of rotatable bonds is 7. The monoisotopic (exact) mass is 472 g/mol. The molecular formula is C29H32N2O4. The summed E-state index contributed by atoms with van der Waals surface area (Å²) in [7, 11) is 0. The van der Waals surface area contributed by atoms with Crippen molar-refractivity contribution in [2.24, 2.45) is 23.5 Å². The Bertz CT molecular complexity index is 1110. The fourth-order valence-electron chi connectivity index (χ4n) is 7.67. The van der Waals surface area contributed by atoms with Crippen LogP contribution in [0.5, 0.6) is 0 Å². The Kier molecular flexibility index (Phi) is 5.42. The third-order valence-electron chi connectivity index (χ3n) is 8.68. The molecule has 5 aliphatic carbocycles. The molecule has 4 fully saturated rings. The molecule has 0 aromatic heterocycles. The van der Waals surface area contributed by atoms with Crippen LogP contribution < -0.4 is 11.1 Å². The van der Waals surface area contributed by atoms with Gasteiger partial charge in [0.1, 0.15) is 11.6 Å². The van der Waals surface area contributed by atoms with Crippen molar-refractivity contribution in [3.63, 3.8) is 0 Å². The molecule has 3 N–H and O–H groups in total. The largest absolute Gasteiger partial charge is 0.458 e. The van der Waals surface area contributed by atoms with E-state index in [1.165, 1.54) is 19.3 Å². The van der Waals surface area contributed by atoms with Crippen molar-refractivity contribution in [2.45, 2.75) is 68.9 Å². The van der Waals surface area contributed by atoms with Gasteiger partial charge in [-0.2, -0.15) is 0 Å². The first-order valence-corrected chi connectivity index (χ1v) is 12.9. The summed E-state index contributed by atoms with van der Waals surface area (Å²) >= 11 is 0. The van der Waals surface area contributed by atoms with Gasteiger partial charge in [0.05, 0.1) is 5.92 Å². The van der Waals surface area contributed by atoms with Crippen molar-refractivity contribution in [1.82, 2.24) is 5.32 Å². The van der Waals surface area contributed by atoms with E-state index in [1.807, 2.05) is 48.5 Å². The lowest BCUT2D eigenvalue weighted by Crippen LogP contribution is -2.55. The van der Waals surface area contributed by atoms with Crippen LogP contribution in [-0.4, -0.2) is 29.4 Å². The van der Waals surface area contributed by atoms with Crippen LogP contribution in [0.15, 0.2) is 48.5 Å². The van der Waals surface area contributed by atoms with E-state index in [-0.39, 0.29) is 18.7 Å². The van der Waals surface area contributed by atoms with Crippen molar-refractivity contribution in [1.29, 1.82) is 0 Å². The van der Waals surface area contributed by atoms with Crippen LogP contribution in [0.3, 0.4) is 0 Å². The lowest BCUT2D eigenvalue weighted by molar-refractivity contribution is -0.189. The third-order valence-corrected chi connectivity index (χ3v) is 8.68. The van der Waals surface area contributed by atoms with E-state index in [2.05, 4.69) is 5.32 Å². The summed E-state index contributed by atoms with van der Waals surface area (Å²) in [6.07, 6.45) is 6.66. The molecule has 2 aromatic carbocycles. The van der Waals surface area contributed by atoms with Crippen LogP contribution in [0.1, 0.15) is 68.4 Å². The molecule has 5 aliphatic rings. The minimum atomic E-state index is -0.900. The predicted octanol–water partition coefficient (Wildman–Crippen LogP) is 4.06. The normalized spacial score (nSPS) is 28.7. The fraction of sp³-hybridized carbons (Fsp3) is 0.483. The van der Waals surface area contributed by atoms with Crippen molar-refractivity contribution >= 4 is 17.8 Å². The Morgan fingerprint density at radius 2 is 1.40 bits per heavy atom. The number of benzene rings is 2. The van der Waals surface area contributed by atoms with Gasteiger partial charge in [-0.1, -0.05) is 48.5 Å². The second-order valence-electron chi connectivity index (χ2n) is 11.2. The number of carbonyl (C=O) groups excluding carboxylic acids is 3. The molecule has 2 aromatic rings. The quantitative estimate of drug-likeness (QED) is 0.594. The van der Waals surface area contributed by atoms with Crippen molar-refractivity contribution in [3.05, 3.63) is 59.7 Å². The molecule has 0 radical (unpaired) electrons. The second kappa shape index (κ2) is 8.51. The fourth-order valence-corrected chi connectivity index (χ4v) is 7.67. The molecule has 2 amide bonds. The van der Waals surface area contributed by atoms with Crippen LogP contribution in [-0.2, 0) is 19.1 Å². The number of carbonyl (C=O) groups is 3. The van der Waals surface area contributed by atoms with Crippen molar-refractivity contribution < 1.29 is 19.1 Å². The molecule has 0 heterocycles. The first-order valence-electron chi connectivity index (χ1n) is 12.9. The van der Waals surface area contributed by atoms with E-state index in [4.69, 9.17) is 10.5 Å². The average Bonchev–Trinajstić information content (AvgIpc) is 3.15. The summed E-state index contributed by atoms with van der Waals surface area (Å²) in [6.45, 7) is 0. The van der Waals surface area contributed by atoms with E-state index in [0.29, 0.717) is 17.8 Å². The molecule has 4 bridgehead atoms. The molecule has 6 nitrogen and oxygen atoms in total. The maximum Gasteiger partial charge on any atom is 0.329 e. The molecule has 6 heteroatoms. The Morgan fingerprint density at radius 3 is 1.91 bits per heavy atom. The molecule has 35 heavy (non-hydrogen) atoms. The van der Waals surface area contributed by atoms with Gasteiger partial charge in [-0.25, -0.2) is 4.79 Å². The molecule has 1 atom stereocenters. The Balaban J connectivity index is 1.24. The number of hydrogen-bond acceptors (Lipinski definition) is 4. The first kappa shape index (κ1) is 22.3. The lowest BCUT2D eigenvalue weighted by atomic mass is 9.54. The van der Waals surface area contributed by atoms with E-state index in [1.54, 1.807) is 0 Å². The number of esters is 1. The highest BCUT2D eigenvalue weighted by Gasteiger charge is 2.53. The Labute approximate surface area is 205 Å². The van der Waals surface area contributed by atoms with Crippen LogP contribution in [0.4, 0.5) is 0 Å². The van der Waals surface area contributed by atoms with Gasteiger partial charge in [0, 0.05) is 6.42 Å². The molecule has 0 spiro atoms. The van der Waals surface area contributed by atoms with Crippen LogP contribution in [0.2, 0.25) is 0 Å². The Hall–Kier alpha value is -3.15. The van der Waals surface area contributed by atoms with Crippen molar-refractivity contribution in [2.75, 3.05) is 0 Å². The summed E-state index contributed by atoms with van der Waals surface area (Å²) in [5.74, 6) is 0.229. The Morgan fingerprint density at radius 1 is 0.886 bits per heavy atom. The number of nitrogens with one attached hydrogen (secondary N) is 1. The highest BCUT2D eigenvalue weighted by Crippen LogP contribution is 2.57. The predicted molar refractivity (Wildman–Crippen MR) is 131 cm³/mol. The lowest BCUT2D eigenvalue weighted by Gasteiger charge is -2.55. The summed E-state index contributed by atoms with van der Waals surface area (Å²) in [4.78, 5) is 38.7. The minimum absolute atomic E-state index is 0.0127. The highest BCUT2D eigenvalue weighted by molar-refractivity contribution is 5.98. The average molecular weight is 473 g/mol. The van der Waals surface area contributed by atoms with Crippen molar-refractivity contribution in [3.8, 4) is 11.1 Å². The first-order chi connectivity index (χ1) is 16.9. The van der Waals surface area contributed by atoms with Gasteiger partial charge >= 0.3 is 5.97 Å². The van der Waals surface area contributed by atoms with Gasteiger partial charge in [-0.15, -0.1) is 0 Å². The number of fused-ring (bicyclic) bond motifs is 3. The van der Waals surface area contributed by atoms with Gasteiger partial charge in [0.25, 0.3) is 0 Å². The molecule has 7 rings (SSSR count). The highest BCUT2D eigenvalue weighted by atomic mass is 16.6. The van der Waals surface area contributed by atoms with E-state index < -0.39 is 29.4 Å². The smallest absolute Gasteiger partial charge is 0.329 e. The van der Waals surface area contributed by atoms with Gasteiger partial charge in [0.2, 0.25) is 11.8 Å². The van der Waals surface area contributed by atoms with E-state index in [9.17, 15) is 14.4 Å². The summed E-state index contributed by atoms with van der Waals surface area (Å²) in [5, 5.41) is 2.96. The zero-order valence-electron chi connectivity index (χ0n) is 19.9. The number of hydrogen-bond donors (Lipinski definition) is 2. The maximum absolute atomic E-state index is 13.7. The van der Waals surface area contributed by atoms with E-state index in [0.717, 1.165) is 41.5 Å². The minimum Gasteiger partial charge on any atom is -0.458 e. The maximum atomic E-state index is 13.7. The molecule has 182 valence electrons. The number of amides is 2. The second-order valence-corrected chi connectivity index (χ2v) is 11.2. The molecule has 0 unspecified atom stereocenters. The summed E-state index contributed by atoms with van der Waals surface area (Å²) in [6, 6.07) is 14.9. The SMILES string of the molecule is NC(=O)CC[C@H](NC(=O)C1c2ccccc2-c2ccccc21)C(=O)OC12CC3CC(CC(C3)C1)C2. The summed E-state index contributed by atoms with van der Waals surface area (Å²) < 4.78 is 6.24. The third kappa shape index (κ3) is 4.03. The van der Waals surface area contributed by atoms with Crippen LogP contribution >= 0.6 is 0 Å². The zero-order chi connectivity index (χ0) is 24.2. The van der Waals surface area contributed by atoms with E-state index >= 15 is 0 Å². The van der Waals surface area contributed by atoms with Gasteiger partial charge < -0.3 is 15.8 Å². The van der Waals surface area contributed by atoms with Crippen LogP contribution in [0, 0.1) is 17.8 Å². The number of ether oxygens (including phenoxy) is 1. The molecular weight excluding hydrogens is 440 g/mol.